The second-order valence-corrected chi connectivity index (χ2v) is 15.5. The van der Waals surface area contributed by atoms with Gasteiger partial charge >= 0.3 is 0 Å². The summed E-state index contributed by atoms with van der Waals surface area (Å²) in [6.07, 6.45) is 0. The Bertz CT molecular complexity index is 3330. The molecule has 0 atom stereocenters. The predicted molar refractivity (Wildman–Crippen MR) is 244 cm³/mol. The second-order valence-electron chi connectivity index (χ2n) is 15.5. The van der Waals surface area contributed by atoms with Gasteiger partial charge < -0.3 is 4.42 Å². The lowest BCUT2D eigenvalue weighted by Crippen LogP contribution is -2.28. The van der Waals surface area contributed by atoms with Gasteiger partial charge in [0, 0.05) is 27.5 Å². The van der Waals surface area contributed by atoms with Gasteiger partial charge in [0.25, 0.3) is 0 Å². The van der Waals surface area contributed by atoms with Crippen molar-refractivity contribution in [3.63, 3.8) is 0 Å². The maximum Gasteiger partial charge on any atom is 0.165 e. The van der Waals surface area contributed by atoms with E-state index in [-0.39, 0.29) is 0 Å². The lowest BCUT2D eigenvalue weighted by molar-refractivity contribution is 0.666. The third kappa shape index (κ3) is 5.21. The van der Waals surface area contributed by atoms with Crippen molar-refractivity contribution in [1.29, 1.82) is 0 Å². The molecule has 0 saturated carbocycles. The van der Waals surface area contributed by atoms with Gasteiger partial charge in [-0.05, 0) is 73.5 Å². The molecule has 4 nitrogen and oxygen atoms in total. The molecule has 0 N–H and O–H groups in total. The molecular formula is C56H35N3O. The van der Waals surface area contributed by atoms with E-state index in [4.69, 9.17) is 19.4 Å². The Morgan fingerprint density at radius 3 is 1.53 bits per heavy atom. The van der Waals surface area contributed by atoms with E-state index in [1.807, 2.05) is 60.7 Å². The number of fused-ring (bicyclic) bond motifs is 7. The minimum absolute atomic E-state index is 0.505. The molecule has 11 aromatic rings. The third-order valence-electron chi connectivity index (χ3n) is 12.2. The highest BCUT2D eigenvalue weighted by Crippen LogP contribution is 2.56. The molecule has 0 radical (unpaired) electrons. The van der Waals surface area contributed by atoms with Crippen LogP contribution in [0.1, 0.15) is 22.3 Å². The first-order valence-corrected chi connectivity index (χ1v) is 20.4. The zero-order valence-electron chi connectivity index (χ0n) is 32.5. The number of aromatic nitrogens is 3. The van der Waals surface area contributed by atoms with Gasteiger partial charge in [0.2, 0.25) is 0 Å². The molecule has 2 heterocycles. The number of benzene rings is 9. The van der Waals surface area contributed by atoms with Gasteiger partial charge in [0.1, 0.15) is 11.2 Å². The number of rotatable bonds is 6. The van der Waals surface area contributed by atoms with Crippen molar-refractivity contribution in [3.05, 3.63) is 235 Å². The minimum Gasteiger partial charge on any atom is -0.456 e. The molecule has 0 unspecified atom stereocenters. The fourth-order valence-corrected chi connectivity index (χ4v) is 9.56. The number of hydrogen-bond acceptors (Lipinski definition) is 4. The molecule has 1 aliphatic rings. The quantitative estimate of drug-likeness (QED) is 0.169. The lowest BCUT2D eigenvalue weighted by Gasteiger charge is -2.33. The average molecular weight is 766 g/mol. The first kappa shape index (κ1) is 34.1. The van der Waals surface area contributed by atoms with Crippen LogP contribution in [-0.2, 0) is 5.41 Å². The van der Waals surface area contributed by atoms with Gasteiger partial charge in [0.05, 0.1) is 5.41 Å². The van der Waals surface area contributed by atoms with E-state index in [1.165, 1.54) is 33.4 Å². The molecule has 4 heteroatoms. The fourth-order valence-electron chi connectivity index (χ4n) is 9.56. The van der Waals surface area contributed by atoms with Crippen LogP contribution in [0.15, 0.2) is 217 Å². The van der Waals surface area contributed by atoms with Crippen LogP contribution in [0.3, 0.4) is 0 Å². The summed E-state index contributed by atoms with van der Waals surface area (Å²) in [6.45, 7) is 0. The molecule has 60 heavy (non-hydrogen) atoms. The van der Waals surface area contributed by atoms with Gasteiger partial charge in [0.15, 0.2) is 17.5 Å². The van der Waals surface area contributed by atoms with Crippen molar-refractivity contribution in [2.24, 2.45) is 0 Å². The summed E-state index contributed by atoms with van der Waals surface area (Å²) in [5.41, 5.74) is 13.5. The lowest BCUT2D eigenvalue weighted by atomic mass is 9.67. The SMILES string of the molecule is c1ccc(-c2nc(-c3ccccc3)nc(-c3c(-c4ccc5c(c4)oc4cc(C6(c7ccccc7)c7ccccc7-c7ccccc76)ccc45)ccc4ccccc34)n2)cc1. The van der Waals surface area contributed by atoms with Crippen LogP contribution in [0, 0.1) is 0 Å². The maximum absolute atomic E-state index is 6.92. The van der Waals surface area contributed by atoms with Crippen molar-refractivity contribution >= 4 is 32.7 Å². The van der Waals surface area contributed by atoms with Gasteiger partial charge in [-0.3, -0.25) is 0 Å². The molecule has 12 rings (SSSR count). The van der Waals surface area contributed by atoms with Crippen molar-refractivity contribution in [1.82, 2.24) is 15.0 Å². The van der Waals surface area contributed by atoms with E-state index in [0.717, 1.165) is 60.5 Å². The topological polar surface area (TPSA) is 51.8 Å². The van der Waals surface area contributed by atoms with Crippen molar-refractivity contribution in [2.75, 3.05) is 0 Å². The van der Waals surface area contributed by atoms with Gasteiger partial charge in [-0.2, -0.15) is 0 Å². The molecule has 0 saturated heterocycles. The standard InChI is InChI=1S/C56H35N3O/c1-4-17-37(18-5-1)53-57-54(38-19-6-2-7-20-38)59-55(58-53)52-42-23-11-10-16-36(42)28-31-43(52)39-29-32-46-47-33-30-41(35-51(47)60-50(46)34-39)56(40-21-8-3-9-22-40)48-26-14-12-24-44(48)45-25-13-15-27-49(45)56/h1-35H. The van der Waals surface area contributed by atoms with Crippen LogP contribution < -0.4 is 0 Å². The van der Waals surface area contributed by atoms with Crippen molar-refractivity contribution < 1.29 is 4.42 Å². The highest BCUT2D eigenvalue weighted by Gasteiger charge is 2.46. The van der Waals surface area contributed by atoms with Crippen LogP contribution >= 0.6 is 0 Å². The van der Waals surface area contributed by atoms with E-state index in [9.17, 15) is 0 Å². The number of hydrogen-bond donors (Lipinski definition) is 0. The Kier molecular flexibility index (Phi) is 7.72. The number of nitrogens with zero attached hydrogens (tertiary/aromatic N) is 3. The Morgan fingerprint density at radius 2 is 0.867 bits per heavy atom. The highest BCUT2D eigenvalue weighted by molar-refractivity contribution is 6.08. The molecule has 2 aromatic heterocycles. The number of furan rings is 1. The van der Waals surface area contributed by atoms with Crippen molar-refractivity contribution in [3.8, 4) is 56.4 Å². The Morgan fingerprint density at radius 1 is 0.333 bits per heavy atom. The van der Waals surface area contributed by atoms with Crippen LogP contribution in [0.5, 0.6) is 0 Å². The second kappa shape index (κ2) is 13.6. The first-order valence-electron chi connectivity index (χ1n) is 20.4. The molecule has 280 valence electrons. The van der Waals surface area contributed by atoms with Gasteiger partial charge in [-0.1, -0.05) is 194 Å². The zero-order valence-corrected chi connectivity index (χ0v) is 32.5. The summed E-state index contributed by atoms with van der Waals surface area (Å²) in [4.78, 5) is 15.4. The summed E-state index contributed by atoms with van der Waals surface area (Å²) in [6, 6.07) is 75.1. The summed E-state index contributed by atoms with van der Waals surface area (Å²) in [5.74, 6) is 1.87. The molecule has 0 amide bonds. The first-order chi connectivity index (χ1) is 29.7. The molecule has 9 aromatic carbocycles. The van der Waals surface area contributed by atoms with Crippen molar-refractivity contribution in [2.45, 2.75) is 5.41 Å². The van der Waals surface area contributed by atoms with Gasteiger partial charge in [-0.15, -0.1) is 0 Å². The molecule has 0 bridgehead atoms. The predicted octanol–water partition coefficient (Wildman–Crippen LogP) is 14.0. The summed E-state index contributed by atoms with van der Waals surface area (Å²) in [7, 11) is 0. The summed E-state index contributed by atoms with van der Waals surface area (Å²) >= 11 is 0. The van der Waals surface area contributed by atoms with E-state index in [2.05, 4.69) is 152 Å². The molecular weight excluding hydrogens is 731 g/mol. The van der Waals surface area contributed by atoms with E-state index in [0.29, 0.717) is 17.5 Å². The minimum atomic E-state index is -0.505. The Balaban J connectivity index is 1.05. The van der Waals surface area contributed by atoms with Crippen LogP contribution in [0.2, 0.25) is 0 Å². The van der Waals surface area contributed by atoms with E-state index >= 15 is 0 Å². The largest absolute Gasteiger partial charge is 0.456 e. The third-order valence-corrected chi connectivity index (χ3v) is 12.2. The van der Waals surface area contributed by atoms with Gasteiger partial charge in [-0.25, -0.2) is 15.0 Å². The normalized spacial score (nSPS) is 12.8. The van der Waals surface area contributed by atoms with Crippen LogP contribution in [0.4, 0.5) is 0 Å². The molecule has 0 aliphatic heterocycles. The molecule has 0 fully saturated rings. The molecule has 1 aliphatic carbocycles. The smallest absolute Gasteiger partial charge is 0.165 e. The summed E-state index contributed by atoms with van der Waals surface area (Å²) < 4.78 is 6.92. The van der Waals surface area contributed by atoms with Crippen LogP contribution in [-0.4, -0.2) is 15.0 Å². The van der Waals surface area contributed by atoms with E-state index < -0.39 is 5.41 Å². The Hall–Kier alpha value is -7.95. The maximum atomic E-state index is 6.92. The van der Waals surface area contributed by atoms with Crippen LogP contribution in [0.25, 0.3) is 89.1 Å². The van der Waals surface area contributed by atoms with E-state index in [1.54, 1.807) is 0 Å². The monoisotopic (exact) mass is 765 g/mol. The fraction of sp³-hybridized carbons (Fsp3) is 0.0179. The Labute approximate surface area is 347 Å². The zero-order chi connectivity index (χ0) is 39.6. The molecule has 0 spiro atoms. The highest BCUT2D eigenvalue weighted by atomic mass is 16.3. The summed E-state index contributed by atoms with van der Waals surface area (Å²) in [5, 5.41) is 4.33. The average Bonchev–Trinajstić information content (AvgIpc) is 3.85.